The van der Waals surface area contributed by atoms with Crippen molar-refractivity contribution in [2.75, 3.05) is 0 Å². The highest BCUT2D eigenvalue weighted by atomic mass is 19.4. The molecule has 138 valence electrons. The van der Waals surface area contributed by atoms with E-state index in [2.05, 4.69) is 9.98 Å². The van der Waals surface area contributed by atoms with Gasteiger partial charge in [0, 0.05) is 11.8 Å². The SMILES string of the molecule is CC1=CC=CN2C1=NC(C(F)(F)F)(C(F)(F)F)N=C2c1ccc(F)cc1. The number of hydrogen-bond acceptors (Lipinski definition) is 3. The Labute approximate surface area is 142 Å². The standard InChI is InChI=1S/C16H10F7N3/c1-9-3-2-8-26-12(9)24-14(15(18,19)20,16(21,22)23)25-13(26)10-4-6-11(17)7-5-10/h2-8H,1H3. The molecule has 0 aromatic heterocycles. The van der Waals surface area contributed by atoms with Crippen LogP contribution < -0.4 is 0 Å². The van der Waals surface area contributed by atoms with Gasteiger partial charge in [-0.25, -0.2) is 14.4 Å². The van der Waals surface area contributed by atoms with E-state index in [0.29, 0.717) is 0 Å². The van der Waals surface area contributed by atoms with Crippen LogP contribution >= 0.6 is 0 Å². The van der Waals surface area contributed by atoms with E-state index in [0.717, 1.165) is 29.2 Å². The molecule has 0 unspecified atom stereocenters. The Bertz CT molecular complexity index is 828. The van der Waals surface area contributed by atoms with Gasteiger partial charge in [0.2, 0.25) is 0 Å². The van der Waals surface area contributed by atoms with Crippen molar-refractivity contribution < 1.29 is 30.7 Å². The number of amidine groups is 2. The summed E-state index contributed by atoms with van der Waals surface area (Å²) in [6.07, 6.45) is -7.64. The Hall–Kier alpha value is -2.65. The van der Waals surface area contributed by atoms with Crippen molar-refractivity contribution in [3.63, 3.8) is 0 Å². The quantitative estimate of drug-likeness (QED) is 0.659. The average molecular weight is 377 g/mol. The number of hydrogen-bond donors (Lipinski definition) is 0. The van der Waals surface area contributed by atoms with Gasteiger partial charge in [0.15, 0.2) is 0 Å². The van der Waals surface area contributed by atoms with Gasteiger partial charge >= 0.3 is 18.0 Å². The zero-order valence-corrected chi connectivity index (χ0v) is 13.0. The lowest BCUT2D eigenvalue weighted by Gasteiger charge is -2.39. The number of aliphatic imine (C=N–C) groups is 2. The Morgan fingerprint density at radius 3 is 1.96 bits per heavy atom. The van der Waals surface area contributed by atoms with E-state index in [1.165, 1.54) is 25.3 Å². The molecule has 2 aliphatic heterocycles. The van der Waals surface area contributed by atoms with Crippen molar-refractivity contribution in [3.8, 4) is 0 Å². The van der Waals surface area contributed by atoms with Crippen LogP contribution in [-0.4, -0.2) is 34.6 Å². The van der Waals surface area contributed by atoms with Crippen LogP contribution in [0.4, 0.5) is 30.7 Å². The summed E-state index contributed by atoms with van der Waals surface area (Å²) >= 11 is 0. The fourth-order valence-corrected chi connectivity index (χ4v) is 2.52. The van der Waals surface area contributed by atoms with Gasteiger partial charge in [-0.3, -0.25) is 4.90 Å². The van der Waals surface area contributed by atoms with E-state index in [1.807, 2.05) is 0 Å². The Morgan fingerprint density at radius 1 is 0.885 bits per heavy atom. The number of rotatable bonds is 1. The van der Waals surface area contributed by atoms with Gasteiger partial charge in [0.1, 0.15) is 17.5 Å². The maximum absolute atomic E-state index is 13.5. The maximum Gasteiger partial charge on any atom is 0.443 e. The third-order valence-corrected chi connectivity index (χ3v) is 3.82. The number of allylic oxidation sites excluding steroid dienone is 2. The average Bonchev–Trinajstić information content (AvgIpc) is 2.53. The summed E-state index contributed by atoms with van der Waals surface area (Å²) in [5.41, 5.74) is -4.66. The largest absolute Gasteiger partial charge is 0.443 e. The highest BCUT2D eigenvalue weighted by Gasteiger charge is 2.74. The first-order valence-corrected chi connectivity index (χ1v) is 7.20. The molecule has 0 saturated carbocycles. The number of benzene rings is 1. The summed E-state index contributed by atoms with van der Waals surface area (Å²) in [7, 11) is 0. The molecule has 2 heterocycles. The molecule has 2 aliphatic rings. The molecule has 0 amide bonds. The molecule has 0 fully saturated rings. The minimum atomic E-state index is -5.82. The third-order valence-electron chi connectivity index (χ3n) is 3.82. The van der Waals surface area contributed by atoms with E-state index in [9.17, 15) is 30.7 Å². The predicted molar refractivity (Wildman–Crippen MR) is 79.9 cm³/mol. The van der Waals surface area contributed by atoms with Crippen LogP contribution in [0.25, 0.3) is 0 Å². The van der Waals surface area contributed by atoms with Gasteiger partial charge in [0.05, 0.1) is 0 Å². The first-order chi connectivity index (χ1) is 12.0. The van der Waals surface area contributed by atoms with Crippen LogP contribution in [0.5, 0.6) is 0 Å². The zero-order chi connectivity index (χ0) is 19.3. The lowest BCUT2D eigenvalue weighted by atomic mass is 10.0. The normalized spacial score (nSPS) is 19.5. The maximum atomic E-state index is 13.5. The van der Waals surface area contributed by atoms with E-state index < -0.39 is 35.5 Å². The highest BCUT2D eigenvalue weighted by Crippen LogP contribution is 2.49. The van der Waals surface area contributed by atoms with Gasteiger partial charge in [-0.2, -0.15) is 26.3 Å². The van der Waals surface area contributed by atoms with Gasteiger partial charge in [0.25, 0.3) is 0 Å². The zero-order valence-electron chi connectivity index (χ0n) is 13.0. The molecule has 0 saturated heterocycles. The Kier molecular flexibility index (Phi) is 3.97. The van der Waals surface area contributed by atoms with E-state index in [1.54, 1.807) is 0 Å². The molecular formula is C16H10F7N3. The van der Waals surface area contributed by atoms with Crippen LogP contribution in [0.3, 0.4) is 0 Å². The van der Waals surface area contributed by atoms with E-state index >= 15 is 0 Å². The molecule has 0 spiro atoms. The van der Waals surface area contributed by atoms with Crippen LogP contribution in [0.2, 0.25) is 0 Å². The van der Waals surface area contributed by atoms with Crippen molar-refractivity contribution in [1.82, 2.24) is 4.90 Å². The molecule has 0 radical (unpaired) electrons. The molecule has 26 heavy (non-hydrogen) atoms. The lowest BCUT2D eigenvalue weighted by molar-refractivity contribution is -0.292. The van der Waals surface area contributed by atoms with Crippen molar-refractivity contribution in [2.45, 2.75) is 24.9 Å². The summed E-state index contributed by atoms with van der Waals surface area (Å²) in [6.45, 7) is 1.33. The van der Waals surface area contributed by atoms with Crippen molar-refractivity contribution in [2.24, 2.45) is 9.98 Å². The number of alkyl halides is 6. The second kappa shape index (κ2) is 5.68. The molecular weight excluding hydrogens is 367 g/mol. The minimum Gasteiger partial charge on any atom is -0.286 e. The van der Waals surface area contributed by atoms with Crippen LogP contribution in [0, 0.1) is 5.82 Å². The summed E-state index contributed by atoms with van der Waals surface area (Å²) < 4.78 is 94.0. The second-order valence-electron chi connectivity index (χ2n) is 5.61. The van der Waals surface area contributed by atoms with Gasteiger partial charge in [-0.05, 0) is 42.8 Å². The highest BCUT2D eigenvalue weighted by molar-refractivity contribution is 6.17. The monoisotopic (exact) mass is 377 g/mol. The van der Waals surface area contributed by atoms with Crippen molar-refractivity contribution in [1.29, 1.82) is 0 Å². The van der Waals surface area contributed by atoms with Crippen LogP contribution in [-0.2, 0) is 0 Å². The van der Waals surface area contributed by atoms with Crippen LogP contribution in [0.15, 0.2) is 58.2 Å². The number of fused-ring (bicyclic) bond motifs is 1. The molecule has 10 heteroatoms. The smallest absolute Gasteiger partial charge is 0.286 e. The lowest BCUT2D eigenvalue weighted by Crippen LogP contribution is -2.59. The van der Waals surface area contributed by atoms with E-state index in [-0.39, 0.29) is 11.1 Å². The first-order valence-electron chi connectivity index (χ1n) is 7.20. The third kappa shape index (κ3) is 2.69. The molecule has 3 nitrogen and oxygen atoms in total. The van der Waals surface area contributed by atoms with Crippen molar-refractivity contribution >= 4 is 11.7 Å². The first kappa shape index (κ1) is 18.2. The molecule has 0 bridgehead atoms. The summed E-state index contributed by atoms with van der Waals surface area (Å²) in [4.78, 5) is 6.95. The Balaban J connectivity index is 2.31. The number of nitrogens with zero attached hydrogens (tertiary/aromatic N) is 3. The molecule has 0 atom stereocenters. The molecule has 1 aromatic rings. The molecule has 1 aromatic carbocycles. The fraction of sp³-hybridized carbons (Fsp3) is 0.250. The fourth-order valence-electron chi connectivity index (χ4n) is 2.52. The van der Waals surface area contributed by atoms with Gasteiger partial charge in [-0.15, -0.1) is 0 Å². The van der Waals surface area contributed by atoms with Gasteiger partial charge < -0.3 is 0 Å². The molecule has 0 N–H and O–H groups in total. The topological polar surface area (TPSA) is 28.0 Å². The van der Waals surface area contributed by atoms with Gasteiger partial charge in [-0.1, -0.05) is 6.08 Å². The summed E-state index contributed by atoms with van der Waals surface area (Å²) in [5, 5.41) is 0. The van der Waals surface area contributed by atoms with Crippen molar-refractivity contribution in [3.05, 3.63) is 59.6 Å². The minimum absolute atomic E-state index is 0.0971. The second-order valence-corrected chi connectivity index (χ2v) is 5.61. The van der Waals surface area contributed by atoms with E-state index in [4.69, 9.17) is 0 Å². The summed E-state index contributed by atoms with van der Waals surface area (Å²) in [6, 6.07) is 3.94. The van der Waals surface area contributed by atoms with Crippen LogP contribution in [0.1, 0.15) is 12.5 Å². The molecule has 0 aliphatic carbocycles. The number of halogens is 7. The molecule has 3 rings (SSSR count). The Morgan fingerprint density at radius 2 is 1.42 bits per heavy atom. The summed E-state index contributed by atoms with van der Waals surface area (Å²) in [5.74, 6) is -1.85. The predicted octanol–water partition coefficient (Wildman–Crippen LogP) is 4.58.